The first kappa shape index (κ1) is 11.6. The van der Waals surface area contributed by atoms with Crippen molar-refractivity contribution >= 4 is 23.7 Å². The Hall–Kier alpha value is -1.43. The lowest BCUT2D eigenvalue weighted by atomic mass is 10.4. The van der Waals surface area contributed by atoms with E-state index < -0.39 is 0 Å². The monoisotopic (exact) mass is 227 g/mol. The van der Waals surface area contributed by atoms with E-state index in [1.54, 1.807) is 38.7 Å². The Morgan fingerprint density at radius 3 is 2.80 bits per heavy atom. The molecule has 0 fully saturated rings. The second-order valence-corrected chi connectivity index (χ2v) is 3.34. The predicted molar refractivity (Wildman–Crippen MR) is 61.2 cm³/mol. The molecule has 0 saturated heterocycles. The van der Waals surface area contributed by atoms with Crippen LogP contribution in [0.15, 0.2) is 18.3 Å². The molecular formula is C9H13N3O2S. The second-order valence-electron chi connectivity index (χ2n) is 2.73. The summed E-state index contributed by atoms with van der Waals surface area (Å²) in [6.45, 7) is 0. The van der Waals surface area contributed by atoms with Crippen LogP contribution in [0.1, 0.15) is 0 Å². The average molecular weight is 227 g/mol. The van der Waals surface area contributed by atoms with Crippen LogP contribution in [0.3, 0.4) is 0 Å². The van der Waals surface area contributed by atoms with Crippen molar-refractivity contribution in [1.82, 2.24) is 9.71 Å². The quantitative estimate of drug-likeness (QED) is 0.795. The number of nitrogens with one attached hydrogen (secondary N) is 1. The third-order valence-corrected chi connectivity index (χ3v) is 2.19. The number of ether oxygens (including phenoxy) is 1. The van der Waals surface area contributed by atoms with Gasteiger partial charge in [0.15, 0.2) is 0 Å². The van der Waals surface area contributed by atoms with E-state index in [9.17, 15) is 4.79 Å². The molecule has 5 nitrogen and oxygen atoms in total. The molecule has 1 aromatic rings. The standard InChI is InChI=1S/C9H13N3O2S/c1-12(9(13)11-15-3)7-4-5-8(14-2)10-6-7/h4-6H,1-3H3,(H,11,13). The van der Waals surface area contributed by atoms with E-state index >= 15 is 0 Å². The molecule has 0 atom stereocenters. The highest BCUT2D eigenvalue weighted by Gasteiger charge is 2.09. The first-order chi connectivity index (χ1) is 7.19. The molecule has 0 radical (unpaired) electrons. The smallest absolute Gasteiger partial charge is 0.331 e. The van der Waals surface area contributed by atoms with Crippen LogP contribution in [0, 0.1) is 0 Å². The Balaban J connectivity index is 2.73. The van der Waals surface area contributed by atoms with Crippen molar-refractivity contribution in [2.45, 2.75) is 0 Å². The van der Waals surface area contributed by atoms with Crippen LogP contribution in [-0.4, -0.2) is 31.4 Å². The lowest BCUT2D eigenvalue weighted by molar-refractivity contribution is 0.253. The number of carbonyl (C=O) groups excluding carboxylic acids is 1. The molecule has 6 heteroatoms. The first-order valence-corrected chi connectivity index (χ1v) is 5.48. The molecular weight excluding hydrogens is 214 g/mol. The molecule has 0 aliphatic heterocycles. The summed E-state index contributed by atoms with van der Waals surface area (Å²) in [6, 6.07) is 3.29. The molecule has 0 saturated carbocycles. The second kappa shape index (κ2) is 5.45. The first-order valence-electron chi connectivity index (χ1n) is 4.25. The fourth-order valence-electron chi connectivity index (χ4n) is 0.965. The zero-order valence-electron chi connectivity index (χ0n) is 8.85. The minimum absolute atomic E-state index is 0.186. The van der Waals surface area contributed by atoms with Crippen molar-refractivity contribution in [3.63, 3.8) is 0 Å². The number of rotatable bonds is 3. The van der Waals surface area contributed by atoms with Gasteiger partial charge in [0.1, 0.15) is 0 Å². The highest BCUT2D eigenvalue weighted by molar-refractivity contribution is 7.97. The molecule has 1 aromatic heterocycles. The summed E-state index contributed by atoms with van der Waals surface area (Å²) in [6.07, 6.45) is 3.37. The lowest BCUT2D eigenvalue weighted by Gasteiger charge is -2.16. The summed E-state index contributed by atoms with van der Waals surface area (Å²) in [5.74, 6) is 0.525. The summed E-state index contributed by atoms with van der Waals surface area (Å²) in [5.41, 5.74) is 0.711. The number of carbonyl (C=O) groups is 1. The summed E-state index contributed by atoms with van der Waals surface area (Å²) < 4.78 is 7.54. The maximum absolute atomic E-state index is 11.4. The van der Waals surface area contributed by atoms with Crippen molar-refractivity contribution in [2.75, 3.05) is 25.3 Å². The van der Waals surface area contributed by atoms with E-state index in [2.05, 4.69) is 9.71 Å². The van der Waals surface area contributed by atoms with E-state index in [0.29, 0.717) is 11.6 Å². The third-order valence-electron chi connectivity index (χ3n) is 1.81. The summed E-state index contributed by atoms with van der Waals surface area (Å²) in [4.78, 5) is 16.9. The highest BCUT2D eigenvalue weighted by Crippen LogP contribution is 2.14. The molecule has 0 aliphatic rings. The largest absolute Gasteiger partial charge is 0.481 e. The minimum Gasteiger partial charge on any atom is -0.481 e. The Bertz CT molecular complexity index is 329. The molecule has 2 amide bonds. The van der Waals surface area contributed by atoms with Gasteiger partial charge in [-0.15, -0.1) is 0 Å². The minimum atomic E-state index is -0.186. The number of amides is 2. The predicted octanol–water partition coefficient (Wildman–Crippen LogP) is 1.51. The average Bonchev–Trinajstić information content (AvgIpc) is 2.28. The summed E-state index contributed by atoms with van der Waals surface area (Å²) >= 11 is 1.25. The molecule has 0 spiro atoms. The maximum Gasteiger partial charge on any atom is 0.331 e. The third kappa shape index (κ3) is 3.02. The number of urea groups is 1. The van der Waals surface area contributed by atoms with Crippen molar-refractivity contribution < 1.29 is 9.53 Å². The number of nitrogens with zero attached hydrogens (tertiary/aromatic N) is 2. The van der Waals surface area contributed by atoms with E-state index in [1.807, 2.05) is 0 Å². The SMILES string of the molecule is COc1ccc(N(C)C(=O)NSC)cn1. The van der Waals surface area contributed by atoms with Gasteiger partial charge >= 0.3 is 6.03 Å². The van der Waals surface area contributed by atoms with Crippen molar-refractivity contribution in [3.05, 3.63) is 18.3 Å². The van der Waals surface area contributed by atoms with Gasteiger partial charge in [0.2, 0.25) is 5.88 Å². The molecule has 15 heavy (non-hydrogen) atoms. The number of anilines is 1. The number of aromatic nitrogens is 1. The van der Waals surface area contributed by atoms with Crippen molar-refractivity contribution in [3.8, 4) is 5.88 Å². The van der Waals surface area contributed by atoms with Gasteiger partial charge < -0.3 is 4.74 Å². The fraction of sp³-hybridized carbons (Fsp3) is 0.333. The number of pyridine rings is 1. The molecule has 1 heterocycles. The van der Waals surface area contributed by atoms with Crippen LogP contribution in [-0.2, 0) is 0 Å². The Kier molecular flexibility index (Phi) is 4.23. The van der Waals surface area contributed by atoms with Gasteiger partial charge in [-0.25, -0.2) is 9.78 Å². The van der Waals surface area contributed by atoms with Gasteiger partial charge in [0.25, 0.3) is 0 Å². The van der Waals surface area contributed by atoms with Crippen LogP contribution in [0.5, 0.6) is 5.88 Å². The van der Waals surface area contributed by atoms with Gasteiger partial charge in [0, 0.05) is 19.4 Å². The normalized spacial score (nSPS) is 9.53. The van der Waals surface area contributed by atoms with Gasteiger partial charge in [-0.2, -0.15) is 0 Å². The Morgan fingerprint density at radius 2 is 2.33 bits per heavy atom. The fourth-order valence-corrected chi connectivity index (χ4v) is 1.28. The van der Waals surface area contributed by atoms with Gasteiger partial charge in [-0.1, -0.05) is 11.9 Å². The Morgan fingerprint density at radius 1 is 1.60 bits per heavy atom. The zero-order valence-corrected chi connectivity index (χ0v) is 9.67. The molecule has 0 aliphatic carbocycles. The Labute approximate surface area is 93.0 Å². The molecule has 82 valence electrons. The topological polar surface area (TPSA) is 54.5 Å². The van der Waals surface area contributed by atoms with Gasteiger partial charge in [-0.3, -0.25) is 9.62 Å². The molecule has 1 rings (SSSR count). The van der Waals surface area contributed by atoms with Crippen molar-refractivity contribution in [2.24, 2.45) is 0 Å². The van der Waals surface area contributed by atoms with Crippen LogP contribution in [0.4, 0.5) is 10.5 Å². The van der Waals surface area contributed by atoms with Crippen LogP contribution >= 0.6 is 11.9 Å². The van der Waals surface area contributed by atoms with Crippen LogP contribution < -0.4 is 14.4 Å². The molecule has 0 aromatic carbocycles. The van der Waals surface area contributed by atoms with Crippen LogP contribution in [0.2, 0.25) is 0 Å². The summed E-state index contributed by atoms with van der Waals surface area (Å²) in [7, 11) is 3.22. The van der Waals surface area contributed by atoms with E-state index in [4.69, 9.17) is 4.74 Å². The van der Waals surface area contributed by atoms with Gasteiger partial charge in [0.05, 0.1) is 19.0 Å². The van der Waals surface area contributed by atoms with E-state index in [-0.39, 0.29) is 6.03 Å². The molecule has 0 bridgehead atoms. The maximum atomic E-state index is 11.4. The summed E-state index contributed by atoms with van der Waals surface area (Å²) in [5, 5.41) is 0. The number of hydrogen-bond acceptors (Lipinski definition) is 4. The number of hydrogen-bond donors (Lipinski definition) is 1. The van der Waals surface area contributed by atoms with Gasteiger partial charge in [-0.05, 0) is 6.07 Å². The molecule has 0 unspecified atom stereocenters. The zero-order chi connectivity index (χ0) is 11.3. The molecule has 1 N–H and O–H groups in total. The van der Waals surface area contributed by atoms with E-state index in [1.165, 1.54) is 16.8 Å². The van der Waals surface area contributed by atoms with Crippen LogP contribution in [0.25, 0.3) is 0 Å². The van der Waals surface area contributed by atoms with Crippen molar-refractivity contribution in [1.29, 1.82) is 0 Å². The van der Waals surface area contributed by atoms with E-state index in [0.717, 1.165) is 0 Å². The highest BCUT2D eigenvalue weighted by atomic mass is 32.2. The lowest BCUT2D eigenvalue weighted by Crippen LogP contribution is -2.33. The number of methoxy groups -OCH3 is 1.